The summed E-state index contributed by atoms with van der Waals surface area (Å²) in [7, 11) is 0. The van der Waals surface area contributed by atoms with E-state index in [4.69, 9.17) is 0 Å². The molecule has 1 amide bonds. The van der Waals surface area contributed by atoms with E-state index in [1.165, 1.54) is 30.5 Å². The van der Waals surface area contributed by atoms with Crippen molar-refractivity contribution in [3.05, 3.63) is 67.0 Å². The van der Waals surface area contributed by atoms with Gasteiger partial charge in [-0.2, -0.15) is 0 Å². The first-order valence-corrected chi connectivity index (χ1v) is 6.21. The molecule has 20 heavy (non-hydrogen) atoms. The molecule has 7 nitrogen and oxygen atoms in total. The number of aromatic nitrogens is 1. The highest BCUT2D eigenvalue weighted by molar-refractivity contribution is 9.10. The number of carbonyl (C=O) groups excluding carboxylic acids is 1. The quantitative estimate of drug-likeness (QED) is 0.662. The van der Waals surface area contributed by atoms with E-state index in [2.05, 4.69) is 26.2 Å². The smallest absolute Gasteiger partial charge is 0.283 e. The first-order chi connectivity index (χ1) is 9.47. The second-order valence-corrected chi connectivity index (χ2v) is 4.67. The number of rotatable bonds is 3. The van der Waals surface area contributed by atoms with Crippen molar-refractivity contribution in [3.63, 3.8) is 0 Å². The Hall–Kier alpha value is -2.48. The monoisotopic (exact) mass is 337 g/mol. The van der Waals surface area contributed by atoms with Crippen molar-refractivity contribution in [2.45, 2.75) is 0 Å². The number of amides is 1. The average molecular weight is 338 g/mol. The Morgan fingerprint density at radius 2 is 2.05 bits per heavy atom. The number of benzene rings is 1. The minimum absolute atomic E-state index is 0.0980. The standard InChI is InChI=1S/C12H8BrN3O4/c13-9-6-8(1-2-10(9)16(19)20)15-12(18)7-3-4-14-11(17)5-7/h1-6H,(H,14,17)(H,15,18). The molecule has 0 atom stereocenters. The fourth-order valence-corrected chi connectivity index (χ4v) is 2.05. The third-order valence-corrected chi connectivity index (χ3v) is 3.07. The Balaban J connectivity index is 2.22. The van der Waals surface area contributed by atoms with E-state index in [1.807, 2.05) is 0 Å². The predicted molar refractivity (Wildman–Crippen MR) is 75.8 cm³/mol. The van der Waals surface area contributed by atoms with Crippen LogP contribution in [-0.2, 0) is 0 Å². The van der Waals surface area contributed by atoms with Gasteiger partial charge in [-0.1, -0.05) is 0 Å². The van der Waals surface area contributed by atoms with E-state index < -0.39 is 10.8 Å². The summed E-state index contributed by atoms with van der Waals surface area (Å²) in [6.45, 7) is 0. The van der Waals surface area contributed by atoms with Crippen LogP contribution in [-0.4, -0.2) is 15.8 Å². The van der Waals surface area contributed by atoms with Gasteiger partial charge in [0.05, 0.1) is 9.40 Å². The maximum atomic E-state index is 11.9. The molecule has 0 unspecified atom stereocenters. The lowest BCUT2D eigenvalue weighted by atomic mass is 10.2. The number of halogens is 1. The van der Waals surface area contributed by atoms with Gasteiger partial charge in [0.1, 0.15) is 0 Å². The molecule has 0 saturated carbocycles. The van der Waals surface area contributed by atoms with E-state index in [0.29, 0.717) is 5.69 Å². The molecule has 102 valence electrons. The van der Waals surface area contributed by atoms with Gasteiger partial charge in [-0.15, -0.1) is 0 Å². The van der Waals surface area contributed by atoms with Crippen LogP contribution in [0.25, 0.3) is 0 Å². The van der Waals surface area contributed by atoms with Gasteiger partial charge >= 0.3 is 0 Å². The van der Waals surface area contributed by atoms with Crippen molar-refractivity contribution in [2.24, 2.45) is 0 Å². The minimum atomic E-state index is -0.535. The Morgan fingerprint density at radius 1 is 1.30 bits per heavy atom. The minimum Gasteiger partial charge on any atom is -0.329 e. The molecule has 1 aromatic carbocycles. The van der Waals surface area contributed by atoms with Crippen molar-refractivity contribution in [1.29, 1.82) is 0 Å². The molecule has 0 aliphatic rings. The highest BCUT2D eigenvalue weighted by Crippen LogP contribution is 2.27. The zero-order valence-corrected chi connectivity index (χ0v) is 11.5. The van der Waals surface area contributed by atoms with Crippen molar-refractivity contribution in [3.8, 4) is 0 Å². The van der Waals surface area contributed by atoms with E-state index in [-0.39, 0.29) is 21.3 Å². The summed E-state index contributed by atoms with van der Waals surface area (Å²) in [4.78, 5) is 35.5. The third-order valence-electron chi connectivity index (χ3n) is 2.44. The predicted octanol–water partition coefficient (Wildman–Crippen LogP) is 2.30. The molecule has 0 saturated heterocycles. The maximum Gasteiger partial charge on any atom is 0.283 e. The summed E-state index contributed by atoms with van der Waals surface area (Å²) >= 11 is 3.06. The van der Waals surface area contributed by atoms with Crippen LogP contribution in [0.2, 0.25) is 0 Å². The number of nitrogens with zero attached hydrogens (tertiary/aromatic N) is 1. The van der Waals surface area contributed by atoms with Gasteiger partial charge < -0.3 is 10.3 Å². The molecular weight excluding hydrogens is 330 g/mol. The van der Waals surface area contributed by atoms with Crippen LogP contribution in [0, 0.1) is 10.1 Å². The van der Waals surface area contributed by atoms with Crippen LogP contribution in [0.3, 0.4) is 0 Å². The molecule has 0 aliphatic carbocycles. The molecular formula is C12H8BrN3O4. The first kappa shape index (κ1) is 13.9. The van der Waals surface area contributed by atoms with Gasteiger partial charge in [-0.25, -0.2) is 0 Å². The molecule has 0 aliphatic heterocycles. The van der Waals surface area contributed by atoms with Crippen molar-refractivity contribution in [1.82, 2.24) is 4.98 Å². The molecule has 0 radical (unpaired) electrons. The summed E-state index contributed by atoms with van der Waals surface area (Å²) in [5.41, 5.74) is 0.0951. The van der Waals surface area contributed by atoms with E-state index in [1.54, 1.807) is 0 Å². The number of anilines is 1. The summed E-state index contributed by atoms with van der Waals surface area (Å²) in [6.07, 6.45) is 1.36. The molecule has 0 spiro atoms. The Kier molecular flexibility index (Phi) is 3.94. The molecule has 1 heterocycles. The van der Waals surface area contributed by atoms with Gasteiger partial charge in [0.15, 0.2) is 0 Å². The molecule has 2 rings (SSSR count). The number of nitrogens with one attached hydrogen (secondary N) is 2. The van der Waals surface area contributed by atoms with Crippen LogP contribution in [0.5, 0.6) is 0 Å². The van der Waals surface area contributed by atoms with E-state index >= 15 is 0 Å². The molecule has 0 bridgehead atoms. The topological polar surface area (TPSA) is 105 Å². The van der Waals surface area contributed by atoms with Gasteiger partial charge in [-0.3, -0.25) is 19.7 Å². The van der Waals surface area contributed by atoms with Gasteiger partial charge in [0, 0.05) is 29.6 Å². The highest BCUT2D eigenvalue weighted by Gasteiger charge is 2.13. The maximum absolute atomic E-state index is 11.9. The lowest BCUT2D eigenvalue weighted by molar-refractivity contribution is -0.385. The third kappa shape index (κ3) is 3.09. The number of nitro groups is 1. The molecule has 8 heteroatoms. The second kappa shape index (κ2) is 5.66. The van der Waals surface area contributed by atoms with Crippen LogP contribution in [0.4, 0.5) is 11.4 Å². The Morgan fingerprint density at radius 3 is 2.65 bits per heavy atom. The highest BCUT2D eigenvalue weighted by atomic mass is 79.9. The van der Waals surface area contributed by atoms with Gasteiger partial charge in [0.25, 0.3) is 11.6 Å². The normalized spacial score (nSPS) is 10.1. The number of nitro benzene ring substituents is 1. The second-order valence-electron chi connectivity index (χ2n) is 3.82. The number of carbonyl (C=O) groups is 1. The average Bonchev–Trinajstić information content (AvgIpc) is 2.38. The number of hydrogen-bond acceptors (Lipinski definition) is 4. The number of aromatic amines is 1. The summed E-state index contributed by atoms with van der Waals surface area (Å²) in [6, 6.07) is 6.72. The summed E-state index contributed by atoms with van der Waals surface area (Å²) in [5.74, 6) is -0.475. The Labute approximate surface area is 120 Å². The van der Waals surface area contributed by atoms with Crippen LogP contribution < -0.4 is 10.9 Å². The first-order valence-electron chi connectivity index (χ1n) is 5.41. The lowest BCUT2D eigenvalue weighted by Crippen LogP contribution is -2.15. The molecule has 2 N–H and O–H groups in total. The SMILES string of the molecule is O=C(Nc1ccc([N+](=O)[O-])c(Br)c1)c1cc[nH]c(=O)c1. The lowest BCUT2D eigenvalue weighted by Gasteiger charge is -2.05. The molecule has 2 aromatic rings. The Bertz CT molecular complexity index is 741. The van der Waals surface area contributed by atoms with E-state index in [9.17, 15) is 19.7 Å². The van der Waals surface area contributed by atoms with Gasteiger partial charge in [0.2, 0.25) is 5.56 Å². The van der Waals surface area contributed by atoms with Crippen LogP contribution in [0.1, 0.15) is 10.4 Å². The number of pyridine rings is 1. The largest absolute Gasteiger partial charge is 0.329 e. The van der Waals surface area contributed by atoms with E-state index in [0.717, 1.165) is 6.07 Å². The number of H-pyrrole nitrogens is 1. The van der Waals surface area contributed by atoms with Crippen molar-refractivity contribution < 1.29 is 9.72 Å². The van der Waals surface area contributed by atoms with Crippen LogP contribution >= 0.6 is 15.9 Å². The zero-order chi connectivity index (χ0) is 14.7. The summed E-state index contributed by atoms with van der Waals surface area (Å²) in [5, 5.41) is 13.2. The molecule has 1 aromatic heterocycles. The van der Waals surface area contributed by atoms with Crippen LogP contribution in [0.15, 0.2) is 45.8 Å². The van der Waals surface area contributed by atoms with Crippen molar-refractivity contribution in [2.75, 3.05) is 5.32 Å². The van der Waals surface area contributed by atoms with Gasteiger partial charge in [-0.05, 0) is 34.1 Å². The molecule has 0 fully saturated rings. The summed E-state index contributed by atoms with van der Waals surface area (Å²) < 4.78 is 0.256. The zero-order valence-electron chi connectivity index (χ0n) is 9.92. The fourth-order valence-electron chi connectivity index (χ4n) is 1.52. The fraction of sp³-hybridized carbons (Fsp3) is 0. The van der Waals surface area contributed by atoms with Crippen molar-refractivity contribution >= 4 is 33.2 Å². The number of hydrogen-bond donors (Lipinski definition) is 2.